The molecule has 7 nitrogen and oxygen atoms in total. The minimum Gasteiger partial charge on any atom is -0.361 e. The second kappa shape index (κ2) is 8.98. The Kier molecular flexibility index (Phi) is 6.97. The van der Waals surface area contributed by atoms with Gasteiger partial charge in [0.2, 0.25) is 5.91 Å². The van der Waals surface area contributed by atoms with Gasteiger partial charge in [0.15, 0.2) is 5.69 Å². The van der Waals surface area contributed by atoms with Crippen LogP contribution in [-0.2, 0) is 11.2 Å². The van der Waals surface area contributed by atoms with Crippen molar-refractivity contribution in [2.45, 2.75) is 71.0 Å². The van der Waals surface area contributed by atoms with E-state index >= 15 is 0 Å². The van der Waals surface area contributed by atoms with E-state index in [1.54, 1.807) is 6.07 Å². The monoisotopic (exact) mass is 362 g/mol. The van der Waals surface area contributed by atoms with Gasteiger partial charge in [0, 0.05) is 43.0 Å². The van der Waals surface area contributed by atoms with E-state index in [1.165, 1.54) is 0 Å². The predicted octanol–water partition coefficient (Wildman–Crippen LogP) is 1.93. The summed E-state index contributed by atoms with van der Waals surface area (Å²) in [4.78, 5) is 24.4. The lowest BCUT2D eigenvalue weighted by atomic mass is 9.78. The number of hydrogen-bond donors (Lipinski definition) is 3. The summed E-state index contributed by atoms with van der Waals surface area (Å²) in [5.74, 6) is 0.532. The first-order valence-corrected chi connectivity index (χ1v) is 9.26. The van der Waals surface area contributed by atoms with Gasteiger partial charge in [0.25, 0.3) is 5.91 Å². The maximum absolute atomic E-state index is 12.4. The quantitative estimate of drug-likeness (QED) is 0.642. The van der Waals surface area contributed by atoms with E-state index in [1.807, 2.05) is 20.8 Å². The highest BCUT2D eigenvalue weighted by atomic mass is 16.5. The number of nitrogens with zero attached hydrogens (tertiary/aromatic N) is 1. The van der Waals surface area contributed by atoms with Crippen LogP contribution in [0.2, 0.25) is 0 Å². The van der Waals surface area contributed by atoms with E-state index in [0.29, 0.717) is 24.3 Å². The summed E-state index contributed by atoms with van der Waals surface area (Å²) in [6.45, 7) is 9.79. The van der Waals surface area contributed by atoms with Crippen molar-refractivity contribution >= 4 is 11.8 Å². The molecule has 1 heterocycles. The Morgan fingerprint density at radius 3 is 2.73 bits per heavy atom. The minimum atomic E-state index is -0.232. The van der Waals surface area contributed by atoms with Crippen molar-refractivity contribution in [3.05, 3.63) is 29.7 Å². The van der Waals surface area contributed by atoms with E-state index in [-0.39, 0.29) is 35.9 Å². The summed E-state index contributed by atoms with van der Waals surface area (Å²) in [6, 6.07) is 1.57. The summed E-state index contributed by atoms with van der Waals surface area (Å²) >= 11 is 0. The Bertz CT molecular complexity index is 653. The number of carbonyl (C=O) groups is 2. The SMILES string of the molecule is C=C(C)[C@H]1C[C@H](NC(=O)C[C@@H](C)N)CC[C@H]1NC(=O)c1cc(CC)on1. The van der Waals surface area contributed by atoms with Crippen molar-refractivity contribution in [2.75, 3.05) is 0 Å². The van der Waals surface area contributed by atoms with Gasteiger partial charge >= 0.3 is 0 Å². The van der Waals surface area contributed by atoms with Crippen LogP contribution in [-0.4, -0.2) is 35.1 Å². The van der Waals surface area contributed by atoms with Crippen molar-refractivity contribution in [3.63, 3.8) is 0 Å². The summed E-state index contributed by atoms with van der Waals surface area (Å²) in [6.07, 6.45) is 3.34. The largest absolute Gasteiger partial charge is 0.361 e. The van der Waals surface area contributed by atoms with Gasteiger partial charge in [0.1, 0.15) is 5.76 Å². The lowest BCUT2D eigenvalue weighted by Gasteiger charge is -2.37. The molecule has 1 aromatic rings. The van der Waals surface area contributed by atoms with Crippen LogP contribution in [0.5, 0.6) is 0 Å². The average Bonchev–Trinajstić information content (AvgIpc) is 3.04. The third kappa shape index (κ3) is 5.42. The highest BCUT2D eigenvalue weighted by molar-refractivity contribution is 5.92. The molecule has 0 bridgehead atoms. The van der Waals surface area contributed by atoms with Gasteiger partial charge in [0.05, 0.1) is 0 Å². The van der Waals surface area contributed by atoms with Crippen molar-refractivity contribution in [1.82, 2.24) is 15.8 Å². The van der Waals surface area contributed by atoms with E-state index in [9.17, 15) is 9.59 Å². The lowest BCUT2D eigenvalue weighted by molar-refractivity contribution is -0.122. The van der Waals surface area contributed by atoms with Crippen LogP contribution in [0.3, 0.4) is 0 Å². The molecule has 0 aromatic carbocycles. The molecule has 1 saturated carbocycles. The molecule has 4 atom stereocenters. The zero-order valence-electron chi connectivity index (χ0n) is 15.9. The molecule has 0 aliphatic heterocycles. The maximum atomic E-state index is 12.4. The topological polar surface area (TPSA) is 110 Å². The van der Waals surface area contributed by atoms with Crippen LogP contribution in [0.1, 0.15) is 62.7 Å². The molecule has 0 spiro atoms. The van der Waals surface area contributed by atoms with Crippen LogP contribution in [0.25, 0.3) is 0 Å². The average molecular weight is 362 g/mol. The second-order valence-corrected chi connectivity index (χ2v) is 7.32. The molecule has 1 aromatic heterocycles. The number of carbonyl (C=O) groups excluding carboxylic acids is 2. The highest BCUT2D eigenvalue weighted by Crippen LogP contribution is 2.30. The summed E-state index contributed by atoms with van der Waals surface area (Å²) < 4.78 is 5.10. The molecule has 1 aliphatic carbocycles. The third-order valence-electron chi connectivity index (χ3n) is 4.81. The maximum Gasteiger partial charge on any atom is 0.273 e. The zero-order valence-corrected chi connectivity index (χ0v) is 15.9. The first kappa shape index (κ1) is 20.2. The normalized spacial score (nSPS) is 23.9. The first-order chi connectivity index (χ1) is 12.3. The molecule has 26 heavy (non-hydrogen) atoms. The predicted molar refractivity (Wildman–Crippen MR) is 99.5 cm³/mol. The van der Waals surface area contributed by atoms with Crippen LogP contribution < -0.4 is 16.4 Å². The van der Waals surface area contributed by atoms with Crippen molar-refractivity contribution in [1.29, 1.82) is 0 Å². The zero-order chi connectivity index (χ0) is 19.3. The Morgan fingerprint density at radius 1 is 1.42 bits per heavy atom. The highest BCUT2D eigenvalue weighted by Gasteiger charge is 2.33. The third-order valence-corrected chi connectivity index (χ3v) is 4.81. The molecule has 4 N–H and O–H groups in total. The van der Waals surface area contributed by atoms with Gasteiger partial charge in [-0.2, -0.15) is 0 Å². The van der Waals surface area contributed by atoms with Crippen molar-refractivity contribution in [3.8, 4) is 0 Å². The molecular formula is C19H30N4O3. The first-order valence-electron chi connectivity index (χ1n) is 9.26. The molecule has 0 saturated heterocycles. The molecule has 1 fully saturated rings. The van der Waals surface area contributed by atoms with Crippen LogP contribution in [0.4, 0.5) is 0 Å². The standard InChI is InChI=1S/C19H30N4O3/c1-5-14-10-17(23-26-14)19(25)22-16-7-6-13(9-15(16)11(2)3)21-18(24)8-12(4)20/h10,12-13,15-16H,2,5-9,20H2,1,3-4H3,(H,21,24)(H,22,25)/t12-,13-,15-,16-/m1/s1. The van der Waals surface area contributed by atoms with E-state index in [0.717, 1.165) is 24.8 Å². The number of rotatable bonds is 7. The van der Waals surface area contributed by atoms with Crippen LogP contribution >= 0.6 is 0 Å². The van der Waals surface area contributed by atoms with Gasteiger partial charge in [-0.1, -0.05) is 24.2 Å². The number of aromatic nitrogens is 1. The molecule has 144 valence electrons. The van der Waals surface area contributed by atoms with E-state index < -0.39 is 0 Å². The van der Waals surface area contributed by atoms with E-state index in [4.69, 9.17) is 10.3 Å². The molecular weight excluding hydrogens is 332 g/mol. The molecule has 2 amide bonds. The molecule has 0 radical (unpaired) electrons. The molecule has 7 heteroatoms. The fourth-order valence-electron chi connectivity index (χ4n) is 3.43. The Morgan fingerprint density at radius 2 is 2.15 bits per heavy atom. The van der Waals surface area contributed by atoms with Crippen molar-refractivity contribution in [2.24, 2.45) is 11.7 Å². The van der Waals surface area contributed by atoms with Gasteiger partial charge in [-0.25, -0.2) is 0 Å². The molecule has 1 aliphatic rings. The van der Waals surface area contributed by atoms with Gasteiger partial charge in [-0.3, -0.25) is 9.59 Å². The number of aryl methyl sites for hydroxylation is 1. The summed E-state index contributed by atoms with van der Waals surface area (Å²) in [5.41, 5.74) is 6.98. The van der Waals surface area contributed by atoms with Gasteiger partial charge in [-0.05, 0) is 33.1 Å². The lowest BCUT2D eigenvalue weighted by Crippen LogP contribution is -2.49. The number of nitrogens with one attached hydrogen (secondary N) is 2. The fourth-order valence-corrected chi connectivity index (χ4v) is 3.43. The van der Waals surface area contributed by atoms with Crippen LogP contribution in [0.15, 0.2) is 22.7 Å². The van der Waals surface area contributed by atoms with Gasteiger partial charge in [-0.15, -0.1) is 0 Å². The Hall–Kier alpha value is -2.15. The second-order valence-electron chi connectivity index (χ2n) is 7.32. The van der Waals surface area contributed by atoms with E-state index in [2.05, 4.69) is 22.4 Å². The smallest absolute Gasteiger partial charge is 0.273 e. The minimum absolute atomic E-state index is 0.0247. The summed E-state index contributed by atoms with van der Waals surface area (Å²) in [5, 5.41) is 9.93. The fraction of sp³-hybridized carbons (Fsp3) is 0.632. The van der Waals surface area contributed by atoms with Gasteiger partial charge < -0.3 is 20.9 Å². The Balaban J connectivity index is 1.96. The number of nitrogens with two attached hydrogens (primary N) is 1. The molecule has 0 unspecified atom stereocenters. The Labute approximate surface area is 154 Å². The van der Waals surface area contributed by atoms with Crippen molar-refractivity contribution < 1.29 is 14.1 Å². The molecule has 2 rings (SSSR count). The number of hydrogen-bond acceptors (Lipinski definition) is 5. The summed E-state index contributed by atoms with van der Waals surface area (Å²) in [7, 11) is 0. The number of amides is 2. The van der Waals surface area contributed by atoms with Crippen LogP contribution in [0, 0.1) is 5.92 Å².